The van der Waals surface area contributed by atoms with Crippen LogP contribution in [-0.2, 0) is 0 Å². The normalized spacial score (nSPS) is 24.4. The van der Waals surface area contributed by atoms with Gasteiger partial charge in [0.05, 0.1) is 6.10 Å². The highest BCUT2D eigenvalue weighted by atomic mass is 28.4. The van der Waals surface area contributed by atoms with Crippen LogP contribution in [0.5, 0.6) is 0 Å². The van der Waals surface area contributed by atoms with E-state index in [-0.39, 0.29) is 27.9 Å². The lowest BCUT2D eigenvalue weighted by Gasteiger charge is -2.47. The largest absolute Gasteiger partial charge is 0.424 e. The second-order valence-electron chi connectivity index (χ2n) is 13.1. The number of rotatable bonds is 10. The molecule has 0 spiro atoms. The fraction of sp³-hybridized carbons (Fsp3) is 0.576. The molecule has 4 atom stereocenters. The molecule has 1 fully saturated rings. The molecule has 0 unspecified atom stereocenters. The molecule has 0 radical (unpaired) electrons. The molecule has 0 amide bonds. The number of hydrogen-bond acceptors (Lipinski definition) is 2. The second-order valence-corrected chi connectivity index (χ2v) is 17.1. The quantitative estimate of drug-likeness (QED) is 0.270. The first-order chi connectivity index (χ1) is 16.8. The summed E-state index contributed by atoms with van der Waals surface area (Å²) in [5, 5.41) is 12.3. The zero-order valence-corrected chi connectivity index (χ0v) is 25.0. The van der Waals surface area contributed by atoms with Gasteiger partial charge in [0, 0.05) is 0 Å². The molecule has 1 saturated carbocycles. The smallest absolute Gasteiger partial charge is 0.258 e. The van der Waals surface area contributed by atoms with Gasteiger partial charge in [0.1, 0.15) is 0 Å². The summed E-state index contributed by atoms with van der Waals surface area (Å²) in [6.45, 7) is 18.4. The van der Waals surface area contributed by atoms with Gasteiger partial charge in [-0.15, -0.1) is 0 Å². The molecule has 1 aliphatic rings. The van der Waals surface area contributed by atoms with Crippen LogP contribution in [0.4, 0.5) is 0 Å². The van der Waals surface area contributed by atoms with E-state index in [1.54, 1.807) is 0 Å². The fourth-order valence-corrected chi connectivity index (χ4v) is 10.4. The van der Waals surface area contributed by atoms with Crippen LogP contribution in [0.3, 0.4) is 0 Å². The maximum absolute atomic E-state index is 12.5. The molecule has 0 aromatic heterocycles. The second kappa shape index (κ2) is 11.0. The summed E-state index contributed by atoms with van der Waals surface area (Å²) in [6, 6.07) is 20.8. The average Bonchev–Trinajstić information content (AvgIpc) is 3.10. The Kier molecular flexibility index (Phi) is 8.80. The van der Waals surface area contributed by atoms with Crippen LogP contribution in [0.1, 0.15) is 81.1 Å². The van der Waals surface area contributed by atoms with E-state index in [0.717, 1.165) is 23.2 Å². The number of aliphatic hydroxyl groups is 1. The Hall–Kier alpha value is -1.68. The molecule has 3 rings (SSSR count). The lowest BCUT2D eigenvalue weighted by Crippen LogP contribution is -2.65. The van der Waals surface area contributed by atoms with E-state index < -0.39 is 8.32 Å². The highest BCUT2D eigenvalue weighted by molar-refractivity contribution is 6.98. The molecule has 2 N–H and O–H groups in total. The fourth-order valence-electron chi connectivity index (χ4n) is 6.68. The van der Waals surface area contributed by atoms with E-state index in [1.807, 2.05) is 18.2 Å². The Morgan fingerprint density at radius 2 is 1.42 bits per heavy atom. The van der Waals surface area contributed by atoms with Crippen molar-refractivity contribution in [3.8, 4) is 0 Å². The minimum Gasteiger partial charge on any atom is -0.424 e. The summed E-state index contributed by atoms with van der Waals surface area (Å²) in [6.07, 6.45) is 8.44. The van der Waals surface area contributed by atoms with Gasteiger partial charge in [-0.05, 0) is 69.7 Å². The van der Waals surface area contributed by atoms with Crippen molar-refractivity contribution >= 4 is 18.7 Å². The molecule has 0 saturated heterocycles. The van der Waals surface area contributed by atoms with Crippen LogP contribution in [-0.4, -0.2) is 24.3 Å². The maximum Gasteiger partial charge on any atom is 0.258 e. The molecule has 0 bridgehead atoms. The molecule has 36 heavy (non-hydrogen) atoms. The van der Waals surface area contributed by atoms with Crippen molar-refractivity contribution in [2.24, 2.45) is 28.6 Å². The summed E-state index contributed by atoms with van der Waals surface area (Å²) in [7, 11) is -2.98. The van der Waals surface area contributed by atoms with E-state index in [9.17, 15) is 9.90 Å². The van der Waals surface area contributed by atoms with Crippen LogP contribution in [0, 0.1) is 28.6 Å². The predicted molar refractivity (Wildman–Crippen MR) is 157 cm³/mol. The molecule has 2 nitrogen and oxygen atoms in total. The van der Waals surface area contributed by atoms with E-state index in [2.05, 4.69) is 110 Å². The number of allylic oxidation sites excluding steroid dienone is 1. The summed E-state index contributed by atoms with van der Waals surface area (Å²) in [5.74, 6) is 1.25. The highest BCUT2D eigenvalue weighted by Crippen LogP contribution is 2.61. The van der Waals surface area contributed by atoms with Gasteiger partial charge in [-0.2, -0.15) is 0 Å². The Labute approximate surface area is 222 Å². The van der Waals surface area contributed by atoms with E-state index in [1.165, 1.54) is 12.8 Å². The van der Waals surface area contributed by atoms with Crippen LogP contribution in [0.15, 0.2) is 72.8 Å². The van der Waals surface area contributed by atoms with Crippen molar-refractivity contribution in [2.45, 2.75) is 92.2 Å². The van der Waals surface area contributed by atoms with Gasteiger partial charge in [-0.3, -0.25) is 0 Å². The number of aliphatic hydroxyl groups excluding tert-OH is 1. The van der Waals surface area contributed by atoms with Crippen LogP contribution in [0.2, 0.25) is 5.04 Å². The molecule has 0 aliphatic heterocycles. The standard InChI is InChI=1S/C33H50O2Si/c1-25(2)30(34)20-19-26(3)33(8)24-22-27(32(33,6)7)21-23-31(4,5)36(35,28-15-11-9-12-16-28)29-17-13-10-14-18-29/h9-20,25-27,30,34-35H,21-24H2,1-8H3/b20-19+/t26-,27+,30-,33+/m0/s1. The lowest BCUT2D eigenvalue weighted by molar-refractivity contribution is 0.0473. The molecule has 1 aliphatic carbocycles. The van der Waals surface area contributed by atoms with E-state index in [0.29, 0.717) is 11.8 Å². The molecule has 198 valence electrons. The van der Waals surface area contributed by atoms with Crippen LogP contribution >= 0.6 is 0 Å². The maximum atomic E-state index is 12.5. The molecular formula is C33H50O2Si. The van der Waals surface area contributed by atoms with Crippen molar-refractivity contribution < 1.29 is 9.90 Å². The van der Waals surface area contributed by atoms with Crippen molar-refractivity contribution in [3.05, 3.63) is 72.8 Å². The SMILES string of the molecule is CC(C)[C@@H](O)/C=C/[C@H](C)[C@@]1(C)CC[C@@H](CCC(C)(C)[Si](O)(c2ccccc2)c2ccccc2)C1(C)C. The van der Waals surface area contributed by atoms with Gasteiger partial charge in [0.25, 0.3) is 8.32 Å². The minimum atomic E-state index is -2.98. The summed E-state index contributed by atoms with van der Waals surface area (Å²) in [5.41, 5.74) is 0.358. The van der Waals surface area contributed by atoms with Gasteiger partial charge in [0.2, 0.25) is 0 Å². The minimum absolute atomic E-state index is 0.175. The molecule has 3 heteroatoms. The Bertz CT molecular complexity index is 955. The first-order valence-electron chi connectivity index (χ1n) is 14.0. The first kappa shape index (κ1) is 28.9. The van der Waals surface area contributed by atoms with Crippen molar-refractivity contribution in [3.63, 3.8) is 0 Å². The Balaban J connectivity index is 1.83. The van der Waals surface area contributed by atoms with Crippen molar-refractivity contribution in [1.82, 2.24) is 0 Å². The third-order valence-corrected chi connectivity index (χ3v) is 14.8. The number of benzene rings is 2. The Morgan fingerprint density at radius 3 is 1.89 bits per heavy atom. The lowest BCUT2D eigenvalue weighted by atomic mass is 9.59. The van der Waals surface area contributed by atoms with E-state index in [4.69, 9.17) is 0 Å². The van der Waals surface area contributed by atoms with Gasteiger partial charge in [0.15, 0.2) is 0 Å². The van der Waals surface area contributed by atoms with Gasteiger partial charge < -0.3 is 9.90 Å². The zero-order chi connectivity index (χ0) is 26.8. The van der Waals surface area contributed by atoms with Gasteiger partial charge in [-0.25, -0.2) is 0 Å². The summed E-state index contributed by atoms with van der Waals surface area (Å²) >= 11 is 0. The monoisotopic (exact) mass is 506 g/mol. The highest BCUT2D eigenvalue weighted by Gasteiger charge is 2.55. The van der Waals surface area contributed by atoms with Crippen LogP contribution in [0.25, 0.3) is 0 Å². The molecule has 2 aromatic carbocycles. The van der Waals surface area contributed by atoms with Gasteiger partial charge >= 0.3 is 0 Å². The number of hydrogen-bond donors (Lipinski definition) is 2. The summed E-state index contributed by atoms with van der Waals surface area (Å²) < 4.78 is 0. The van der Waals surface area contributed by atoms with Crippen molar-refractivity contribution in [2.75, 3.05) is 0 Å². The molecule has 0 heterocycles. The summed E-state index contributed by atoms with van der Waals surface area (Å²) in [4.78, 5) is 12.5. The Morgan fingerprint density at radius 1 is 0.917 bits per heavy atom. The first-order valence-corrected chi connectivity index (χ1v) is 15.9. The van der Waals surface area contributed by atoms with Crippen LogP contribution < -0.4 is 10.4 Å². The predicted octanol–water partition coefficient (Wildman–Crippen LogP) is 6.95. The zero-order valence-electron chi connectivity index (χ0n) is 24.0. The third kappa shape index (κ3) is 5.30. The van der Waals surface area contributed by atoms with Gasteiger partial charge in [-0.1, -0.05) is 128 Å². The topological polar surface area (TPSA) is 40.5 Å². The average molecular weight is 507 g/mol. The van der Waals surface area contributed by atoms with E-state index >= 15 is 0 Å². The molecular weight excluding hydrogens is 456 g/mol. The van der Waals surface area contributed by atoms with Crippen molar-refractivity contribution in [1.29, 1.82) is 0 Å². The third-order valence-electron chi connectivity index (χ3n) is 10.3. The molecule has 2 aromatic rings.